The number of hydrogen-bond acceptors (Lipinski definition) is 4. The second-order valence-electron chi connectivity index (χ2n) is 3.64. The summed E-state index contributed by atoms with van der Waals surface area (Å²) < 4.78 is 0. The minimum Gasteiger partial charge on any atom is -0.504 e. The summed E-state index contributed by atoms with van der Waals surface area (Å²) >= 11 is 0. The topological polar surface area (TPSA) is 81.0 Å². The number of aliphatic hydroxyl groups is 1. The van der Waals surface area contributed by atoms with Gasteiger partial charge in [0.15, 0.2) is 11.5 Å². The lowest BCUT2D eigenvalue weighted by molar-refractivity contribution is 0.0750. The van der Waals surface area contributed by atoms with Crippen LogP contribution in [0.1, 0.15) is 23.7 Å². The van der Waals surface area contributed by atoms with Gasteiger partial charge < -0.3 is 20.2 Å². The van der Waals surface area contributed by atoms with Gasteiger partial charge in [-0.2, -0.15) is 0 Å². The first kappa shape index (κ1) is 13.3. The molecule has 1 rings (SSSR count). The van der Waals surface area contributed by atoms with E-state index in [1.807, 2.05) is 6.92 Å². The third-order valence-electron chi connectivity index (χ3n) is 2.50. The molecule has 17 heavy (non-hydrogen) atoms. The van der Waals surface area contributed by atoms with E-state index >= 15 is 0 Å². The molecule has 0 aliphatic heterocycles. The fraction of sp³-hybridized carbons (Fsp3) is 0.417. The van der Waals surface area contributed by atoms with E-state index in [0.717, 1.165) is 0 Å². The van der Waals surface area contributed by atoms with E-state index in [9.17, 15) is 15.0 Å². The zero-order chi connectivity index (χ0) is 12.8. The lowest BCUT2D eigenvalue weighted by Crippen LogP contribution is -2.32. The quantitative estimate of drug-likeness (QED) is 0.668. The first-order valence-corrected chi connectivity index (χ1v) is 5.52. The highest BCUT2D eigenvalue weighted by atomic mass is 16.3. The molecule has 0 spiro atoms. The summed E-state index contributed by atoms with van der Waals surface area (Å²) in [5.41, 5.74) is 0.0739. The van der Waals surface area contributed by atoms with Crippen LogP contribution in [-0.4, -0.2) is 45.8 Å². The number of carbonyl (C=O) groups is 1. The van der Waals surface area contributed by atoms with Crippen molar-refractivity contribution in [2.24, 2.45) is 0 Å². The van der Waals surface area contributed by atoms with Crippen molar-refractivity contribution in [1.29, 1.82) is 0 Å². The summed E-state index contributed by atoms with van der Waals surface area (Å²) in [5, 5.41) is 27.6. The van der Waals surface area contributed by atoms with Crippen molar-refractivity contribution in [3.63, 3.8) is 0 Å². The molecule has 0 saturated carbocycles. The maximum Gasteiger partial charge on any atom is 0.257 e. The summed E-state index contributed by atoms with van der Waals surface area (Å²) in [6.45, 7) is 2.72. The highest BCUT2D eigenvalue weighted by Crippen LogP contribution is 2.29. The van der Waals surface area contributed by atoms with Crippen LogP contribution in [0.25, 0.3) is 0 Å². The monoisotopic (exact) mass is 239 g/mol. The zero-order valence-electron chi connectivity index (χ0n) is 9.76. The van der Waals surface area contributed by atoms with E-state index in [1.54, 1.807) is 0 Å². The number of aromatic hydroxyl groups is 2. The first-order valence-electron chi connectivity index (χ1n) is 5.52. The molecule has 5 heteroatoms. The molecule has 0 fully saturated rings. The normalized spacial score (nSPS) is 10.2. The largest absolute Gasteiger partial charge is 0.504 e. The van der Waals surface area contributed by atoms with E-state index in [4.69, 9.17) is 5.11 Å². The van der Waals surface area contributed by atoms with Gasteiger partial charge in [0, 0.05) is 19.7 Å². The van der Waals surface area contributed by atoms with Crippen LogP contribution in [0.5, 0.6) is 11.5 Å². The third kappa shape index (κ3) is 3.10. The van der Waals surface area contributed by atoms with Crippen LogP contribution < -0.4 is 0 Å². The fourth-order valence-electron chi connectivity index (χ4n) is 1.54. The van der Waals surface area contributed by atoms with Gasteiger partial charge in [-0.1, -0.05) is 6.07 Å². The lowest BCUT2D eigenvalue weighted by Gasteiger charge is -2.21. The van der Waals surface area contributed by atoms with E-state index in [-0.39, 0.29) is 23.8 Å². The van der Waals surface area contributed by atoms with Crippen LogP contribution >= 0.6 is 0 Å². The van der Waals surface area contributed by atoms with Crippen LogP contribution in [0.3, 0.4) is 0 Å². The molecular weight excluding hydrogens is 222 g/mol. The number of phenols is 2. The Labute approximate surface area is 99.9 Å². The Kier molecular flexibility index (Phi) is 4.78. The molecule has 1 aromatic carbocycles. The molecule has 0 aromatic heterocycles. The number of nitrogens with zero attached hydrogens (tertiary/aromatic N) is 1. The summed E-state index contributed by atoms with van der Waals surface area (Å²) in [5.74, 6) is -1.07. The van der Waals surface area contributed by atoms with Crippen molar-refractivity contribution < 1.29 is 20.1 Å². The molecule has 0 atom stereocenters. The standard InChI is InChI=1S/C12H17NO4/c1-2-13(7-4-8-14)12(17)9-5-3-6-10(15)11(9)16/h3,5-6,14-16H,2,4,7-8H2,1H3. The number of para-hydroxylation sites is 1. The van der Waals surface area contributed by atoms with Gasteiger partial charge in [0.05, 0.1) is 5.56 Å². The predicted octanol–water partition coefficient (Wildman–Crippen LogP) is 0.942. The van der Waals surface area contributed by atoms with Crippen molar-refractivity contribution in [3.05, 3.63) is 23.8 Å². The van der Waals surface area contributed by atoms with E-state index in [0.29, 0.717) is 19.5 Å². The van der Waals surface area contributed by atoms with Crippen LogP contribution in [0.2, 0.25) is 0 Å². The third-order valence-corrected chi connectivity index (χ3v) is 2.50. The summed E-state index contributed by atoms with van der Waals surface area (Å²) in [6.07, 6.45) is 0.485. The molecule has 5 nitrogen and oxygen atoms in total. The van der Waals surface area contributed by atoms with Gasteiger partial charge in [0.2, 0.25) is 0 Å². The second-order valence-corrected chi connectivity index (χ2v) is 3.64. The van der Waals surface area contributed by atoms with Crippen LogP contribution in [0.4, 0.5) is 0 Å². The molecule has 0 aliphatic carbocycles. The molecule has 3 N–H and O–H groups in total. The SMILES string of the molecule is CCN(CCCO)C(=O)c1cccc(O)c1O. The minimum absolute atomic E-state index is 0.00972. The number of benzene rings is 1. The highest BCUT2D eigenvalue weighted by Gasteiger charge is 2.18. The Morgan fingerprint density at radius 3 is 2.65 bits per heavy atom. The average Bonchev–Trinajstić information content (AvgIpc) is 2.33. The van der Waals surface area contributed by atoms with E-state index < -0.39 is 5.75 Å². The molecule has 0 radical (unpaired) electrons. The van der Waals surface area contributed by atoms with Gasteiger partial charge >= 0.3 is 0 Å². The van der Waals surface area contributed by atoms with Crippen molar-refractivity contribution >= 4 is 5.91 Å². The molecular formula is C12H17NO4. The van der Waals surface area contributed by atoms with Crippen molar-refractivity contribution in [3.8, 4) is 11.5 Å². The number of aliphatic hydroxyl groups excluding tert-OH is 1. The Balaban J connectivity index is 2.90. The van der Waals surface area contributed by atoms with Gasteiger partial charge in [-0.3, -0.25) is 4.79 Å². The predicted molar refractivity (Wildman–Crippen MR) is 63.1 cm³/mol. The maximum atomic E-state index is 12.0. The van der Waals surface area contributed by atoms with Crippen LogP contribution in [0, 0.1) is 0 Å². The lowest BCUT2D eigenvalue weighted by atomic mass is 10.1. The summed E-state index contributed by atoms with van der Waals surface area (Å²) in [7, 11) is 0. The van der Waals surface area contributed by atoms with Gasteiger partial charge in [-0.25, -0.2) is 0 Å². The molecule has 94 valence electrons. The summed E-state index contributed by atoms with van der Waals surface area (Å²) in [6, 6.07) is 4.28. The first-order chi connectivity index (χ1) is 8.11. The Hall–Kier alpha value is -1.75. The second kappa shape index (κ2) is 6.10. The van der Waals surface area contributed by atoms with Crippen LogP contribution in [0.15, 0.2) is 18.2 Å². The number of amides is 1. The molecule has 0 heterocycles. The fourth-order valence-corrected chi connectivity index (χ4v) is 1.54. The average molecular weight is 239 g/mol. The molecule has 0 unspecified atom stereocenters. The number of rotatable bonds is 5. The molecule has 1 aromatic rings. The van der Waals surface area contributed by atoms with Crippen molar-refractivity contribution in [2.75, 3.05) is 19.7 Å². The van der Waals surface area contributed by atoms with Gasteiger partial charge in [-0.05, 0) is 25.5 Å². The number of carbonyl (C=O) groups excluding carboxylic acids is 1. The highest BCUT2D eigenvalue weighted by molar-refractivity contribution is 5.97. The molecule has 1 amide bonds. The van der Waals surface area contributed by atoms with Gasteiger partial charge in [0.25, 0.3) is 5.91 Å². The minimum atomic E-state index is -0.403. The number of hydrogen-bond donors (Lipinski definition) is 3. The Morgan fingerprint density at radius 1 is 1.35 bits per heavy atom. The van der Waals surface area contributed by atoms with Gasteiger partial charge in [0.1, 0.15) is 0 Å². The smallest absolute Gasteiger partial charge is 0.257 e. The molecule has 0 saturated heterocycles. The zero-order valence-corrected chi connectivity index (χ0v) is 9.76. The summed E-state index contributed by atoms with van der Waals surface area (Å²) in [4.78, 5) is 13.5. The maximum absolute atomic E-state index is 12.0. The number of phenolic OH excluding ortho intramolecular Hbond substituents is 2. The molecule has 0 bridgehead atoms. The van der Waals surface area contributed by atoms with Gasteiger partial charge in [-0.15, -0.1) is 0 Å². The Bertz CT molecular complexity index is 392. The van der Waals surface area contributed by atoms with Crippen molar-refractivity contribution in [2.45, 2.75) is 13.3 Å². The molecule has 0 aliphatic rings. The Morgan fingerprint density at radius 2 is 2.06 bits per heavy atom. The van der Waals surface area contributed by atoms with Crippen molar-refractivity contribution in [1.82, 2.24) is 4.90 Å². The van der Waals surface area contributed by atoms with E-state index in [1.165, 1.54) is 23.1 Å². The van der Waals surface area contributed by atoms with Crippen LogP contribution in [-0.2, 0) is 0 Å². The van der Waals surface area contributed by atoms with E-state index in [2.05, 4.69) is 0 Å².